The zero-order valence-corrected chi connectivity index (χ0v) is 11.4. The van der Waals surface area contributed by atoms with Crippen molar-refractivity contribution in [1.82, 2.24) is 4.90 Å². The van der Waals surface area contributed by atoms with E-state index in [1.165, 1.54) is 45.1 Å². The maximum atomic E-state index is 5.92. The third-order valence-corrected chi connectivity index (χ3v) is 3.88. The average Bonchev–Trinajstić information content (AvgIpc) is 2.26. The Hall–Kier alpha value is -0.0800. The second-order valence-corrected chi connectivity index (χ2v) is 5.96. The molecule has 0 spiro atoms. The monoisotopic (exact) mass is 226 g/mol. The van der Waals surface area contributed by atoms with Crippen LogP contribution >= 0.6 is 0 Å². The first kappa shape index (κ1) is 14.0. The summed E-state index contributed by atoms with van der Waals surface area (Å²) in [6.07, 6.45) is 8.52. The SMILES string of the molecule is CC(C)CN(C)C(CN)CC1CCCCC1. The van der Waals surface area contributed by atoms with Gasteiger partial charge in [-0.25, -0.2) is 0 Å². The summed E-state index contributed by atoms with van der Waals surface area (Å²) in [5.74, 6) is 1.68. The van der Waals surface area contributed by atoms with Gasteiger partial charge in [0, 0.05) is 19.1 Å². The minimum absolute atomic E-state index is 0.602. The minimum atomic E-state index is 0.602. The molecule has 0 saturated heterocycles. The van der Waals surface area contributed by atoms with Crippen LogP contribution in [0.1, 0.15) is 52.4 Å². The molecular weight excluding hydrogens is 196 g/mol. The molecule has 2 heteroatoms. The highest BCUT2D eigenvalue weighted by molar-refractivity contribution is 4.77. The van der Waals surface area contributed by atoms with Crippen LogP contribution in [0.3, 0.4) is 0 Å². The normalized spacial score (nSPS) is 20.6. The Morgan fingerprint density at radius 3 is 2.31 bits per heavy atom. The largest absolute Gasteiger partial charge is 0.329 e. The second kappa shape index (κ2) is 7.29. The molecule has 0 heterocycles. The van der Waals surface area contributed by atoms with Crippen LogP contribution in [0.2, 0.25) is 0 Å². The number of likely N-dealkylation sites (N-methyl/N-ethyl adjacent to an activating group) is 1. The highest BCUT2D eigenvalue weighted by Crippen LogP contribution is 2.28. The molecule has 0 aromatic heterocycles. The van der Waals surface area contributed by atoms with E-state index in [2.05, 4.69) is 25.8 Å². The highest BCUT2D eigenvalue weighted by Gasteiger charge is 2.21. The van der Waals surface area contributed by atoms with Gasteiger partial charge in [-0.1, -0.05) is 46.0 Å². The van der Waals surface area contributed by atoms with E-state index < -0.39 is 0 Å². The molecule has 1 aliphatic rings. The molecule has 1 saturated carbocycles. The van der Waals surface area contributed by atoms with Gasteiger partial charge in [-0.3, -0.25) is 0 Å². The lowest BCUT2D eigenvalue weighted by atomic mass is 9.84. The van der Waals surface area contributed by atoms with Gasteiger partial charge >= 0.3 is 0 Å². The maximum Gasteiger partial charge on any atom is 0.0218 e. The molecule has 1 rings (SSSR count). The van der Waals surface area contributed by atoms with Gasteiger partial charge in [0.1, 0.15) is 0 Å². The molecule has 2 N–H and O–H groups in total. The number of rotatable bonds is 6. The van der Waals surface area contributed by atoms with Crippen molar-refractivity contribution in [3.63, 3.8) is 0 Å². The van der Waals surface area contributed by atoms with Crippen molar-refractivity contribution in [2.75, 3.05) is 20.1 Å². The van der Waals surface area contributed by atoms with Crippen molar-refractivity contribution in [2.45, 2.75) is 58.4 Å². The van der Waals surface area contributed by atoms with Crippen molar-refractivity contribution in [3.05, 3.63) is 0 Å². The molecule has 0 aliphatic heterocycles. The summed E-state index contributed by atoms with van der Waals surface area (Å²) in [6.45, 7) is 6.56. The van der Waals surface area contributed by atoms with Crippen LogP contribution in [-0.2, 0) is 0 Å². The molecule has 1 unspecified atom stereocenters. The summed E-state index contributed by atoms with van der Waals surface area (Å²) in [7, 11) is 2.24. The molecule has 1 aliphatic carbocycles. The summed E-state index contributed by atoms with van der Waals surface area (Å²) in [5.41, 5.74) is 5.92. The first-order chi connectivity index (χ1) is 7.63. The fraction of sp³-hybridized carbons (Fsp3) is 1.00. The second-order valence-electron chi connectivity index (χ2n) is 5.96. The van der Waals surface area contributed by atoms with Gasteiger partial charge in [0.05, 0.1) is 0 Å². The van der Waals surface area contributed by atoms with Crippen LogP contribution in [0.5, 0.6) is 0 Å². The third kappa shape index (κ3) is 4.84. The quantitative estimate of drug-likeness (QED) is 0.754. The van der Waals surface area contributed by atoms with E-state index in [9.17, 15) is 0 Å². The Labute approximate surface area is 102 Å². The molecular formula is C14H30N2. The van der Waals surface area contributed by atoms with Gasteiger partial charge in [0.15, 0.2) is 0 Å². The fourth-order valence-electron chi connectivity index (χ4n) is 2.99. The molecule has 2 nitrogen and oxygen atoms in total. The number of nitrogens with two attached hydrogens (primary N) is 1. The molecule has 0 amide bonds. The van der Waals surface area contributed by atoms with Crippen molar-refractivity contribution in [2.24, 2.45) is 17.6 Å². The van der Waals surface area contributed by atoms with Crippen LogP contribution in [0, 0.1) is 11.8 Å². The van der Waals surface area contributed by atoms with Crippen molar-refractivity contribution in [3.8, 4) is 0 Å². The summed E-state index contributed by atoms with van der Waals surface area (Å²) < 4.78 is 0. The van der Waals surface area contributed by atoms with E-state index in [4.69, 9.17) is 5.73 Å². The van der Waals surface area contributed by atoms with Crippen LogP contribution in [0.25, 0.3) is 0 Å². The third-order valence-electron chi connectivity index (χ3n) is 3.88. The van der Waals surface area contributed by atoms with Crippen LogP contribution in [-0.4, -0.2) is 31.1 Å². The first-order valence-corrected chi connectivity index (χ1v) is 7.03. The van der Waals surface area contributed by atoms with E-state index >= 15 is 0 Å². The van der Waals surface area contributed by atoms with E-state index in [0.717, 1.165) is 18.4 Å². The van der Waals surface area contributed by atoms with Crippen LogP contribution in [0.15, 0.2) is 0 Å². The van der Waals surface area contributed by atoms with E-state index in [1.807, 2.05) is 0 Å². The Kier molecular flexibility index (Phi) is 6.37. The van der Waals surface area contributed by atoms with Gasteiger partial charge in [-0.15, -0.1) is 0 Å². The van der Waals surface area contributed by atoms with E-state index in [0.29, 0.717) is 6.04 Å². The fourth-order valence-corrected chi connectivity index (χ4v) is 2.99. The van der Waals surface area contributed by atoms with Gasteiger partial charge in [-0.05, 0) is 25.3 Å². The Morgan fingerprint density at radius 2 is 1.81 bits per heavy atom. The van der Waals surface area contributed by atoms with Crippen molar-refractivity contribution >= 4 is 0 Å². The Balaban J connectivity index is 2.34. The number of nitrogens with zero attached hydrogens (tertiary/aromatic N) is 1. The average molecular weight is 226 g/mol. The van der Waals surface area contributed by atoms with E-state index in [-0.39, 0.29) is 0 Å². The minimum Gasteiger partial charge on any atom is -0.329 e. The summed E-state index contributed by atoms with van der Waals surface area (Å²) >= 11 is 0. The van der Waals surface area contributed by atoms with E-state index in [1.54, 1.807) is 0 Å². The molecule has 0 radical (unpaired) electrons. The van der Waals surface area contributed by atoms with Crippen LogP contribution in [0.4, 0.5) is 0 Å². The molecule has 0 bridgehead atoms. The van der Waals surface area contributed by atoms with Crippen LogP contribution < -0.4 is 5.73 Å². The lowest BCUT2D eigenvalue weighted by molar-refractivity contribution is 0.176. The van der Waals surface area contributed by atoms with Gasteiger partial charge in [0.25, 0.3) is 0 Å². The summed E-state index contributed by atoms with van der Waals surface area (Å²) in [4.78, 5) is 2.47. The lowest BCUT2D eigenvalue weighted by Gasteiger charge is -2.32. The lowest BCUT2D eigenvalue weighted by Crippen LogP contribution is -2.41. The van der Waals surface area contributed by atoms with Crippen molar-refractivity contribution in [1.29, 1.82) is 0 Å². The number of hydrogen-bond acceptors (Lipinski definition) is 2. The summed E-state index contributed by atoms with van der Waals surface area (Å²) in [6, 6.07) is 0.602. The predicted molar refractivity (Wildman–Crippen MR) is 71.5 cm³/mol. The number of hydrogen-bond donors (Lipinski definition) is 1. The standard InChI is InChI=1S/C14H30N2/c1-12(2)11-16(3)14(10-15)9-13-7-5-4-6-8-13/h12-14H,4-11,15H2,1-3H3. The van der Waals surface area contributed by atoms with Crippen molar-refractivity contribution < 1.29 is 0 Å². The predicted octanol–water partition coefficient (Wildman–Crippen LogP) is 2.87. The van der Waals surface area contributed by atoms with Gasteiger partial charge in [-0.2, -0.15) is 0 Å². The maximum absolute atomic E-state index is 5.92. The smallest absolute Gasteiger partial charge is 0.0218 e. The zero-order chi connectivity index (χ0) is 12.0. The summed E-state index contributed by atoms with van der Waals surface area (Å²) in [5, 5.41) is 0. The molecule has 0 aromatic carbocycles. The Bertz CT molecular complexity index is 174. The highest BCUT2D eigenvalue weighted by atomic mass is 15.1. The zero-order valence-electron chi connectivity index (χ0n) is 11.4. The Morgan fingerprint density at radius 1 is 1.19 bits per heavy atom. The first-order valence-electron chi connectivity index (χ1n) is 7.03. The van der Waals surface area contributed by atoms with Gasteiger partial charge < -0.3 is 10.6 Å². The molecule has 1 fully saturated rings. The molecule has 16 heavy (non-hydrogen) atoms. The molecule has 0 aromatic rings. The molecule has 1 atom stereocenters. The molecule has 96 valence electrons. The van der Waals surface area contributed by atoms with Gasteiger partial charge in [0.2, 0.25) is 0 Å². The topological polar surface area (TPSA) is 29.3 Å².